The van der Waals surface area contributed by atoms with Crippen LogP contribution in [0.4, 0.5) is 60.5 Å². The Hall–Kier alpha value is -9.02. The number of furan rings is 2. The highest BCUT2D eigenvalue weighted by Gasteiger charge is 2.54. The van der Waals surface area contributed by atoms with E-state index in [1.165, 1.54) is 24.3 Å². The van der Waals surface area contributed by atoms with Crippen LogP contribution in [0.2, 0.25) is 0 Å². The molecular weight excluding hydrogens is 991 g/mol. The number of benzene rings is 10. The number of fused-ring (bicyclic) bond motifs is 15. The number of rotatable bonds is 6. The Morgan fingerprint density at radius 1 is 0.346 bits per heavy atom. The van der Waals surface area contributed by atoms with E-state index >= 15 is 0 Å². The molecule has 12 aromatic rings. The molecule has 1 spiro atoms. The zero-order valence-electron chi connectivity index (χ0n) is 42.6. The molecule has 0 radical (unpaired) electrons. The molecule has 0 bridgehead atoms. The van der Waals surface area contributed by atoms with Crippen LogP contribution in [-0.4, -0.2) is 0 Å². The SMILES string of the molecule is Cc1cccc2c1oc1c(N(c3cccc(C(F)(F)F)c3)c3ccc4c(c3)C3(c5cc(N(c6cccc(C(F)(F)F)c6)c6cccc7c6oc6c(C)cccc67)ccc5-4)c4ccccc4C(C)(C)c4ccccc43)cccc12. The molecule has 2 aliphatic rings. The quantitative estimate of drug-likeness (QED) is 0.155. The Morgan fingerprint density at radius 3 is 1.12 bits per heavy atom. The van der Waals surface area contributed by atoms with E-state index in [4.69, 9.17) is 8.83 Å². The minimum absolute atomic E-state index is 0.276. The molecule has 4 nitrogen and oxygen atoms in total. The Morgan fingerprint density at radius 2 is 0.705 bits per heavy atom. The van der Waals surface area contributed by atoms with Gasteiger partial charge in [-0.05, 0) is 142 Å². The number of aryl methyl sites for hydroxylation is 2. The monoisotopic (exact) mass is 1040 g/mol. The number of hydrogen-bond acceptors (Lipinski definition) is 4. The van der Waals surface area contributed by atoms with Gasteiger partial charge in [0.1, 0.15) is 11.2 Å². The number of anilines is 6. The summed E-state index contributed by atoms with van der Waals surface area (Å²) in [5.74, 6) is 0. The first-order valence-electron chi connectivity index (χ1n) is 25.8. The summed E-state index contributed by atoms with van der Waals surface area (Å²) in [6.45, 7) is 8.38. The van der Waals surface area contributed by atoms with E-state index in [1.54, 1.807) is 12.1 Å². The first kappa shape index (κ1) is 47.4. The van der Waals surface area contributed by atoms with Gasteiger partial charge in [-0.25, -0.2) is 0 Å². The van der Waals surface area contributed by atoms with E-state index in [2.05, 4.69) is 62.4 Å². The zero-order chi connectivity index (χ0) is 53.6. The average molecular weight is 1040 g/mol. The van der Waals surface area contributed by atoms with Crippen molar-refractivity contribution >= 4 is 78.0 Å². The van der Waals surface area contributed by atoms with Crippen molar-refractivity contribution in [2.45, 2.75) is 50.9 Å². The Labute approximate surface area is 445 Å². The normalized spacial score (nSPS) is 14.2. The average Bonchev–Trinajstić information content (AvgIpc) is 3.23. The van der Waals surface area contributed by atoms with Crippen molar-refractivity contribution in [2.75, 3.05) is 9.80 Å². The first-order valence-corrected chi connectivity index (χ1v) is 25.8. The fourth-order valence-electron chi connectivity index (χ4n) is 12.9. The van der Waals surface area contributed by atoms with Gasteiger partial charge in [0, 0.05) is 49.7 Å². The van der Waals surface area contributed by atoms with E-state index in [0.29, 0.717) is 45.1 Å². The largest absolute Gasteiger partial charge is 0.454 e. The summed E-state index contributed by atoms with van der Waals surface area (Å²) in [4.78, 5) is 3.71. The highest BCUT2D eigenvalue weighted by atomic mass is 19.4. The fourth-order valence-corrected chi connectivity index (χ4v) is 12.9. The van der Waals surface area contributed by atoms with Crippen LogP contribution in [-0.2, 0) is 23.2 Å². The van der Waals surface area contributed by atoms with E-state index in [9.17, 15) is 26.3 Å². The third-order valence-electron chi connectivity index (χ3n) is 16.4. The molecule has 14 rings (SSSR count). The van der Waals surface area contributed by atoms with Crippen molar-refractivity contribution in [3.63, 3.8) is 0 Å². The van der Waals surface area contributed by atoms with Gasteiger partial charge in [-0.3, -0.25) is 0 Å². The van der Waals surface area contributed by atoms with Gasteiger partial charge < -0.3 is 18.6 Å². The van der Waals surface area contributed by atoms with E-state index in [-0.39, 0.29) is 11.4 Å². The summed E-state index contributed by atoms with van der Waals surface area (Å²) in [6.07, 6.45) is -9.27. The molecule has 0 saturated heterocycles. The van der Waals surface area contributed by atoms with Crippen LogP contribution in [0.5, 0.6) is 0 Å². The minimum Gasteiger partial charge on any atom is -0.454 e. The molecule has 10 aromatic carbocycles. The molecule has 0 saturated carbocycles. The maximum atomic E-state index is 14.8. The lowest BCUT2D eigenvalue weighted by Crippen LogP contribution is -2.40. The van der Waals surface area contributed by atoms with Gasteiger partial charge in [0.05, 0.1) is 27.9 Å². The highest BCUT2D eigenvalue weighted by Crippen LogP contribution is 2.64. The fraction of sp³-hybridized carbons (Fsp3) is 0.118. The van der Waals surface area contributed by atoms with E-state index < -0.39 is 34.3 Å². The maximum absolute atomic E-state index is 14.8. The second-order valence-electron chi connectivity index (χ2n) is 21.1. The van der Waals surface area contributed by atoms with Crippen molar-refractivity contribution in [1.82, 2.24) is 0 Å². The first-order chi connectivity index (χ1) is 37.5. The molecule has 2 aliphatic carbocycles. The molecule has 0 aliphatic heterocycles. The maximum Gasteiger partial charge on any atom is 0.416 e. The van der Waals surface area contributed by atoms with Crippen LogP contribution in [0.1, 0.15) is 69.5 Å². The standard InChI is InChI=1S/C68H46F6N2O2/c1-39-15-9-21-49-51-23-13-29-59(63(51)77-61(39)49)75(43-19-11-17-41(35-43)67(69,70)71)45-31-33-47-48-34-32-46(38-58(48)66(57(47)37-45)55-27-7-5-25-53(55)65(3,4)54-26-6-8-28-56(54)66)76(44-20-12-18-42(36-44)68(72,73)74)60-30-14-24-52-50-22-10-16-40(2)62(50)78-64(52)60/h5-38H,1-4H3. The van der Waals surface area contributed by atoms with Crippen LogP contribution in [0.3, 0.4) is 0 Å². The minimum atomic E-state index is -4.63. The summed E-state index contributed by atoms with van der Waals surface area (Å²) >= 11 is 0. The number of nitrogens with zero attached hydrogens (tertiary/aromatic N) is 2. The Kier molecular flexibility index (Phi) is 10.2. The second kappa shape index (κ2) is 16.7. The summed E-state index contributed by atoms with van der Waals surface area (Å²) in [6, 6.07) is 63.1. The zero-order valence-corrected chi connectivity index (χ0v) is 42.6. The molecule has 382 valence electrons. The van der Waals surface area contributed by atoms with E-state index in [0.717, 1.165) is 89.3 Å². The Bertz CT molecular complexity index is 4180. The summed E-state index contributed by atoms with van der Waals surface area (Å²) < 4.78 is 102. The van der Waals surface area contributed by atoms with Gasteiger partial charge in [0.15, 0.2) is 11.2 Å². The predicted molar refractivity (Wildman–Crippen MR) is 299 cm³/mol. The molecule has 2 aromatic heterocycles. The lowest BCUT2D eigenvalue weighted by molar-refractivity contribution is -0.138. The van der Waals surface area contributed by atoms with Crippen LogP contribution in [0, 0.1) is 13.8 Å². The van der Waals surface area contributed by atoms with Gasteiger partial charge in [-0.2, -0.15) is 26.3 Å². The second-order valence-corrected chi connectivity index (χ2v) is 21.1. The van der Waals surface area contributed by atoms with Crippen molar-refractivity contribution in [2.24, 2.45) is 0 Å². The van der Waals surface area contributed by atoms with Crippen LogP contribution in [0.15, 0.2) is 215 Å². The topological polar surface area (TPSA) is 32.8 Å². The van der Waals surface area contributed by atoms with Gasteiger partial charge in [-0.1, -0.05) is 147 Å². The number of para-hydroxylation sites is 4. The lowest BCUT2D eigenvalue weighted by Gasteiger charge is -2.47. The smallest absolute Gasteiger partial charge is 0.416 e. The number of halogens is 6. The van der Waals surface area contributed by atoms with Crippen molar-refractivity contribution < 1.29 is 35.2 Å². The van der Waals surface area contributed by atoms with Crippen molar-refractivity contribution in [3.8, 4) is 11.1 Å². The summed E-state index contributed by atoms with van der Waals surface area (Å²) in [5, 5.41) is 3.41. The molecule has 0 atom stereocenters. The molecule has 0 amide bonds. The third-order valence-corrected chi connectivity index (χ3v) is 16.4. The van der Waals surface area contributed by atoms with Gasteiger partial charge >= 0.3 is 12.4 Å². The molecule has 78 heavy (non-hydrogen) atoms. The van der Waals surface area contributed by atoms with Gasteiger partial charge in [0.25, 0.3) is 0 Å². The third kappa shape index (κ3) is 6.81. The van der Waals surface area contributed by atoms with Crippen LogP contribution >= 0.6 is 0 Å². The molecule has 0 unspecified atom stereocenters. The highest BCUT2D eigenvalue weighted by molar-refractivity contribution is 6.12. The predicted octanol–water partition coefficient (Wildman–Crippen LogP) is 20.1. The summed E-state index contributed by atoms with van der Waals surface area (Å²) in [7, 11) is 0. The molecule has 10 heteroatoms. The van der Waals surface area contributed by atoms with Crippen molar-refractivity contribution in [3.05, 3.63) is 262 Å². The van der Waals surface area contributed by atoms with Gasteiger partial charge in [-0.15, -0.1) is 0 Å². The molecule has 0 N–H and O–H groups in total. The Balaban J connectivity index is 1.07. The molecular formula is C68H46F6N2O2. The molecule has 0 fully saturated rings. The van der Waals surface area contributed by atoms with Crippen LogP contribution < -0.4 is 9.80 Å². The van der Waals surface area contributed by atoms with Gasteiger partial charge in [0.2, 0.25) is 0 Å². The lowest BCUT2D eigenvalue weighted by atomic mass is 9.55. The van der Waals surface area contributed by atoms with Crippen molar-refractivity contribution in [1.29, 1.82) is 0 Å². The van der Waals surface area contributed by atoms with Crippen LogP contribution in [0.25, 0.3) is 55.0 Å². The van der Waals surface area contributed by atoms with E-state index in [1.807, 2.05) is 133 Å². The number of alkyl halides is 6. The number of hydrogen-bond donors (Lipinski definition) is 0. The molecule has 2 heterocycles. The summed E-state index contributed by atoms with van der Waals surface area (Å²) in [5.41, 5.74) is 11.6.